The average Bonchev–Trinajstić information content (AvgIpc) is 3.19. The molecule has 0 atom stereocenters. The molecule has 0 spiro atoms. The van der Waals surface area contributed by atoms with Gasteiger partial charge in [-0.1, -0.05) is 43.7 Å². The Morgan fingerprint density at radius 2 is 1.67 bits per heavy atom. The van der Waals surface area contributed by atoms with Gasteiger partial charge in [0.2, 0.25) is 15.9 Å². The van der Waals surface area contributed by atoms with Crippen LogP contribution in [-0.4, -0.2) is 41.3 Å². The van der Waals surface area contributed by atoms with Gasteiger partial charge in [0, 0.05) is 29.2 Å². The fraction of sp³-hybridized carbons (Fsp3) is 0.269. The van der Waals surface area contributed by atoms with Gasteiger partial charge in [-0.3, -0.25) is 14.2 Å². The van der Waals surface area contributed by atoms with Gasteiger partial charge in [0.15, 0.2) is 0 Å². The number of aryl methyl sites for hydroxylation is 2. The molecule has 0 aliphatic rings. The Morgan fingerprint density at radius 1 is 1.03 bits per heavy atom. The Bertz CT molecular complexity index is 1570. The topological polar surface area (TPSA) is 101 Å². The third-order valence-corrected chi connectivity index (χ3v) is 9.07. The summed E-state index contributed by atoms with van der Waals surface area (Å²) in [7, 11) is -3.58. The molecule has 10 heteroatoms. The maximum absolute atomic E-state index is 13.3. The molecule has 8 nitrogen and oxygen atoms in total. The SMILES string of the molecule is CCN(CC)S(=O)(=O)c1ccc(NC(=O)Cn2cnc3sc(C)c(-c4ccc(C)cc4)c3c2=O)cc1. The smallest absolute Gasteiger partial charge is 0.263 e. The van der Waals surface area contributed by atoms with E-state index in [1.807, 2.05) is 38.1 Å². The van der Waals surface area contributed by atoms with Gasteiger partial charge in [0.05, 0.1) is 16.6 Å². The minimum atomic E-state index is -3.58. The van der Waals surface area contributed by atoms with Crippen LogP contribution in [0.25, 0.3) is 21.3 Å². The molecule has 0 radical (unpaired) electrons. The van der Waals surface area contributed by atoms with Crippen molar-refractivity contribution >= 4 is 43.2 Å². The van der Waals surface area contributed by atoms with Gasteiger partial charge in [0.25, 0.3) is 5.56 Å². The highest BCUT2D eigenvalue weighted by molar-refractivity contribution is 7.89. The summed E-state index contributed by atoms with van der Waals surface area (Å²) >= 11 is 1.45. The maximum atomic E-state index is 13.3. The lowest BCUT2D eigenvalue weighted by atomic mass is 10.0. The minimum absolute atomic E-state index is 0.159. The zero-order valence-corrected chi connectivity index (χ0v) is 22.2. The van der Waals surface area contributed by atoms with Crippen molar-refractivity contribution in [2.75, 3.05) is 18.4 Å². The second-order valence-electron chi connectivity index (χ2n) is 8.42. The molecule has 2 aromatic heterocycles. The summed E-state index contributed by atoms with van der Waals surface area (Å²) in [4.78, 5) is 32.3. The molecule has 1 amide bonds. The van der Waals surface area contributed by atoms with Gasteiger partial charge in [-0.05, 0) is 43.7 Å². The number of sulfonamides is 1. The first-order chi connectivity index (χ1) is 17.1. The molecule has 0 aliphatic heterocycles. The summed E-state index contributed by atoms with van der Waals surface area (Å²) in [6.07, 6.45) is 1.39. The largest absolute Gasteiger partial charge is 0.325 e. The number of carbonyl (C=O) groups is 1. The van der Waals surface area contributed by atoms with E-state index < -0.39 is 15.9 Å². The molecule has 0 unspecified atom stereocenters. The van der Waals surface area contributed by atoms with Crippen LogP contribution >= 0.6 is 11.3 Å². The molecular weight excluding hydrogens is 496 g/mol. The van der Waals surface area contributed by atoms with E-state index in [0.29, 0.717) is 29.0 Å². The number of benzene rings is 2. The predicted octanol–water partition coefficient (Wildman–Crippen LogP) is 4.41. The number of anilines is 1. The fourth-order valence-electron chi connectivity index (χ4n) is 4.10. The van der Waals surface area contributed by atoms with Crippen molar-refractivity contribution in [1.29, 1.82) is 0 Å². The van der Waals surface area contributed by atoms with Crippen molar-refractivity contribution in [3.63, 3.8) is 0 Å². The van der Waals surface area contributed by atoms with Crippen LogP contribution < -0.4 is 10.9 Å². The Morgan fingerprint density at radius 3 is 2.28 bits per heavy atom. The second kappa shape index (κ2) is 10.3. The predicted molar refractivity (Wildman–Crippen MR) is 144 cm³/mol. The fourth-order valence-corrected chi connectivity index (χ4v) is 6.56. The van der Waals surface area contributed by atoms with Crippen LogP contribution in [0.1, 0.15) is 24.3 Å². The molecule has 0 saturated heterocycles. The number of thiophene rings is 1. The zero-order valence-electron chi connectivity index (χ0n) is 20.6. The quantitative estimate of drug-likeness (QED) is 0.368. The van der Waals surface area contributed by atoms with E-state index in [9.17, 15) is 18.0 Å². The van der Waals surface area contributed by atoms with Crippen LogP contribution in [0.5, 0.6) is 0 Å². The van der Waals surface area contributed by atoms with Crippen molar-refractivity contribution in [1.82, 2.24) is 13.9 Å². The summed E-state index contributed by atoms with van der Waals surface area (Å²) in [6.45, 7) is 8.06. The van der Waals surface area contributed by atoms with Crippen molar-refractivity contribution < 1.29 is 13.2 Å². The first kappa shape index (κ1) is 25.7. The number of rotatable bonds is 8. The number of nitrogens with zero attached hydrogens (tertiary/aromatic N) is 3. The van der Waals surface area contributed by atoms with Gasteiger partial charge in [0.1, 0.15) is 11.4 Å². The lowest BCUT2D eigenvalue weighted by Crippen LogP contribution is -2.30. The van der Waals surface area contributed by atoms with E-state index in [-0.39, 0.29) is 17.0 Å². The van der Waals surface area contributed by atoms with Crippen LogP contribution in [0.3, 0.4) is 0 Å². The highest BCUT2D eigenvalue weighted by atomic mass is 32.2. The van der Waals surface area contributed by atoms with E-state index in [0.717, 1.165) is 21.6 Å². The third kappa shape index (κ3) is 4.97. The van der Waals surface area contributed by atoms with Crippen LogP contribution in [0.2, 0.25) is 0 Å². The van der Waals surface area contributed by atoms with Gasteiger partial charge in [-0.2, -0.15) is 4.31 Å². The van der Waals surface area contributed by atoms with Gasteiger partial charge in [-0.15, -0.1) is 11.3 Å². The molecule has 0 aliphatic carbocycles. The Hall–Kier alpha value is -3.34. The standard InChI is InChI=1S/C26H28N4O4S2/c1-5-30(6-2)36(33,34)21-13-11-20(12-14-21)28-22(31)15-29-16-27-25-24(26(29)32)23(18(4)35-25)19-9-7-17(3)8-10-19/h7-14,16H,5-6,15H2,1-4H3,(H,28,31). The zero-order chi connectivity index (χ0) is 26.0. The highest BCUT2D eigenvalue weighted by Crippen LogP contribution is 2.35. The van der Waals surface area contributed by atoms with Gasteiger partial charge in [-0.25, -0.2) is 13.4 Å². The molecule has 188 valence electrons. The summed E-state index contributed by atoms with van der Waals surface area (Å²) in [5.41, 5.74) is 3.06. The van der Waals surface area contributed by atoms with E-state index >= 15 is 0 Å². The van der Waals surface area contributed by atoms with Gasteiger partial charge < -0.3 is 5.32 Å². The molecular formula is C26H28N4O4S2. The molecule has 4 rings (SSSR count). The number of hydrogen-bond donors (Lipinski definition) is 1. The molecule has 0 fully saturated rings. The third-order valence-electron chi connectivity index (χ3n) is 5.99. The first-order valence-electron chi connectivity index (χ1n) is 11.6. The van der Waals surface area contributed by atoms with Crippen molar-refractivity contribution in [2.24, 2.45) is 0 Å². The number of amides is 1. The number of fused-ring (bicyclic) bond motifs is 1. The van der Waals surface area contributed by atoms with Crippen LogP contribution in [0, 0.1) is 13.8 Å². The molecule has 0 saturated carbocycles. The Balaban J connectivity index is 1.57. The number of nitrogens with one attached hydrogen (secondary N) is 1. The second-order valence-corrected chi connectivity index (χ2v) is 11.6. The van der Waals surface area contributed by atoms with Crippen LogP contribution in [0.15, 0.2) is 64.5 Å². The first-order valence-corrected chi connectivity index (χ1v) is 13.9. The lowest BCUT2D eigenvalue weighted by Gasteiger charge is -2.18. The molecule has 0 bridgehead atoms. The van der Waals surface area contributed by atoms with E-state index in [4.69, 9.17) is 0 Å². The highest BCUT2D eigenvalue weighted by Gasteiger charge is 2.21. The minimum Gasteiger partial charge on any atom is -0.325 e. The Labute approximate surface area is 214 Å². The van der Waals surface area contributed by atoms with Crippen LogP contribution in [-0.2, 0) is 21.4 Å². The van der Waals surface area contributed by atoms with Crippen molar-refractivity contribution in [3.05, 3.63) is 75.7 Å². The molecule has 2 heterocycles. The normalized spacial score (nSPS) is 11.8. The van der Waals surface area contributed by atoms with E-state index in [2.05, 4.69) is 10.3 Å². The monoisotopic (exact) mass is 524 g/mol. The lowest BCUT2D eigenvalue weighted by molar-refractivity contribution is -0.116. The summed E-state index contributed by atoms with van der Waals surface area (Å²) in [5.74, 6) is -0.415. The molecule has 2 aromatic carbocycles. The Kier molecular flexibility index (Phi) is 7.39. The molecule has 4 aromatic rings. The average molecular weight is 525 g/mol. The van der Waals surface area contributed by atoms with E-state index in [1.165, 1.54) is 50.8 Å². The summed E-state index contributed by atoms with van der Waals surface area (Å²) < 4.78 is 28.0. The van der Waals surface area contributed by atoms with Crippen molar-refractivity contribution in [2.45, 2.75) is 39.1 Å². The summed E-state index contributed by atoms with van der Waals surface area (Å²) in [5, 5.41) is 3.23. The van der Waals surface area contributed by atoms with E-state index in [1.54, 1.807) is 13.8 Å². The van der Waals surface area contributed by atoms with Crippen molar-refractivity contribution in [3.8, 4) is 11.1 Å². The molecule has 36 heavy (non-hydrogen) atoms. The van der Waals surface area contributed by atoms with Crippen LogP contribution in [0.4, 0.5) is 5.69 Å². The summed E-state index contributed by atoms with van der Waals surface area (Å²) in [6, 6.07) is 14.0. The van der Waals surface area contributed by atoms with Gasteiger partial charge >= 0.3 is 0 Å². The number of hydrogen-bond acceptors (Lipinski definition) is 6. The number of carbonyl (C=O) groups excluding carboxylic acids is 1. The molecule has 1 N–H and O–H groups in total. The maximum Gasteiger partial charge on any atom is 0.263 e. The number of aromatic nitrogens is 2.